The molecule has 6 nitrogen and oxygen atoms in total. The van der Waals surface area contributed by atoms with Crippen LogP contribution in [0.25, 0.3) is 0 Å². The number of nitrogens with zero attached hydrogens (tertiary/aromatic N) is 1. The third-order valence-corrected chi connectivity index (χ3v) is 2.89. The van der Waals surface area contributed by atoms with Crippen LogP contribution in [0.4, 0.5) is 0 Å². The maximum atomic E-state index is 12.2. The van der Waals surface area contributed by atoms with Gasteiger partial charge in [0.15, 0.2) is 0 Å². The van der Waals surface area contributed by atoms with E-state index in [1.165, 1.54) is 14.2 Å². The molecular formula is C15H19NO5. The molecule has 1 aromatic carbocycles. The van der Waals surface area contributed by atoms with E-state index in [2.05, 4.69) is 9.47 Å². The van der Waals surface area contributed by atoms with Crippen LogP contribution in [0.2, 0.25) is 0 Å². The zero-order valence-electron chi connectivity index (χ0n) is 12.4. The Hall–Kier alpha value is -2.37. The molecular weight excluding hydrogens is 274 g/mol. The van der Waals surface area contributed by atoms with Crippen molar-refractivity contribution in [3.63, 3.8) is 0 Å². The van der Waals surface area contributed by atoms with Crippen molar-refractivity contribution in [1.29, 1.82) is 0 Å². The number of amides is 1. The van der Waals surface area contributed by atoms with Crippen LogP contribution in [-0.4, -0.2) is 50.1 Å². The molecule has 0 fully saturated rings. The van der Waals surface area contributed by atoms with Crippen molar-refractivity contribution in [2.45, 2.75) is 13.3 Å². The predicted molar refractivity (Wildman–Crippen MR) is 75.5 cm³/mol. The number of aryl methyl sites for hydroxylation is 1. The summed E-state index contributed by atoms with van der Waals surface area (Å²) in [5.74, 6) is -1.51. The Balaban J connectivity index is 2.78. The van der Waals surface area contributed by atoms with Gasteiger partial charge in [0.2, 0.25) is 5.91 Å². The summed E-state index contributed by atoms with van der Waals surface area (Å²) < 4.78 is 9.06. The second-order valence-corrected chi connectivity index (χ2v) is 4.57. The van der Waals surface area contributed by atoms with Gasteiger partial charge in [0.1, 0.15) is 13.1 Å². The molecule has 21 heavy (non-hydrogen) atoms. The Labute approximate surface area is 123 Å². The average molecular weight is 293 g/mol. The topological polar surface area (TPSA) is 72.9 Å². The van der Waals surface area contributed by atoms with Gasteiger partial charge < -0.3 is 14.4 Å². The van der Waals surface area contributed by atoms with Gasteiger partial charge >= 0.3 is 11.9 Å². The first-order chi connectivity index (χ1) is 9.96. The molecule has 0 radical (unpaired) electrons. The standard InChI is InChI=1S/C15H19NO5/c1-11-5-4-6-12(7-11)8-13(17)16(9-14(18)20-2)10-15(19)21-3/h4-7H,8-10H2,1-3H3. The van der Waals surface area contributed by atoms with Gasteiger partial charge in [-0.25, -0.2) is 0 Å². The minimum atomic E-state index is -0.587. The highest BCUT2D eigenvalue weighted by atomic mass is 16.5. The van der Waals surface area contributed by atoms with E-state index in [1.807, 2.05) is 31.2 Å². The van der Waals surface area contributed by atoms with E-state index in [1.54, 1.807) is 0 Å². The largest absolute Gasteiger partial charge is 0.468 e. The summed E-state index contributed by atoms with van der Waals surface area (Å²) in [4.78, 5) is 36.0. The van der Waals surface area contributed by atoms with E-state index in [9.17, 15) is 14.4 Å². The van der Waals surface area contributed by atoms with E-state index >= 15 is 0 Å². The van der Waals surface area contributed by atoms with Crippen molar-refractivity contribution in [3.05, 3.63) is 35.4 Å². The summed E-state index contributed by atoms with van der Waals surface area (Å²) in [7, 11) is 2.45. The number of benzene rings is 1. The third kappa shape index (κ3) is 5.64. The molecule has 0 aliphatic carbocycles. The highest BCUT2D eigenvalue weighted by molar-refractivity contribution is 5.87. The van der Waals surface area contributed by atoms with Gasteiger partial charge in [-0.15, -0.1) is 0 Å². The molecule has 0 heterocycles. The second-order valence-electron chi connectivity index (χ2n) is 4.57. The van der Waals surface area contributed by atoms with Crippen LogP contribution in [0.3, 0.4) is 0 Å². The lowest BCUT2D eigenvalue weighted by atomic mass is 10.1. The molecule has 0 bridgehead atoms. The van der Waals surface area contributed by atoms with E-state index in [0.717, 1.165) is 16.0 Å². The van der Waals surface area contributed by atoms with Crippen molar-refractivity contribution in [2.24, 2.45) is 0 Å². The molecule has 0 saturated heterocycles. The first-order valence-electron chi connectivity index (χ1n) is 6.43. The fourth-order valence-electron chi connectivity index (χ4n) is 1.78. The lowest BCUT2D eigenvalue weighted by molar-refractivity contribution is -0.151. The first kappa shape index (κ1) is 16.7. The van der Waals surface area contributed by atoms with Gasteiger partial charge in [0, 0.05) is 0 Å². The molecule has 0 atom stereocenters. The highest BCUT2D eigenvalue weighted by Gasteiger charge is 2.21. The third-order valence-electron chi connectivity index (χ3n) is 2.89. The Morgan fingerprint density at radius 2 is 1.62 bits per heavy atom. The molecule has 0 saturated carbocycles. The van der Waals surface area contributed by atoms with E-state index < -0.39 is 11.9 Å². The number of rotatable bonds is 6. The van der Waals surface area contributed by atoms with Crippen LogP contribution in [0.15, 0.2) is 24.3 Å². The summed E-state index contributed by atoms with van der Waals surface area (Å²) in [5, 5.41) is 0. The lowest BCUT2D eigenvalue weighted by Gasteiger charge is -2.20. The number of carbonyl (C=O) groups excluding carboxylic acids is 3. The van der Waals surface area contributed by atoms with Gasteiger partial charge in [0.25, 0.3) is 0 Å². The van der Waals surface area contributed by atoms with Crippen LogP contribution < -0.4 is 0 Å². The summed E-state index contributed by atoms with van der Waals surface area (Å²) in [5.41, 5.74) is 1.85. The normalized spacial score (nSPS) is 9.86. The number of esters is 2. The maximum absolute atomic E-state index is 12.2. The quantitative estimate of drug-likeness (QED) is 0.722. The number of hydrogen-bond donors (Lipinski definition) is 0. The zero-order valence-corrected chi connectivity index (χ0v) is 12.4. The molecule has 0 unspecified atom stereocenters. The molecule has 0 aromatic heterocycles. The van der Waals surface area contributed by atoms with Crippen molar-refractivity contribution in [1.82, 2.24) is 4.90 Å². The van der Waals surface area contributed by atoms with E-state index in [-0.39, 0.29) is 25.4 Å². The van der Waals surface area contributed by atoms with Gasteiger partial charge in [-0.1, -0.05) is 29.8 Å². The summed E-state index contributed by atoms with van der Waals surface area (Å²) in [6.45, 7) is 1.36. The summed E-state index contributed by atoms with van der Waals surface area (Å²) in [6, 6.07) is 7.48. The smallest absolute Gasteiger partial charge is 0.325 e. The summed E-state index contributed by atoms with van der Waals surface area (Å²) in [6.07, 6.45) is 0.107. The van der Waals surface area contributed by atoms with Gasteiger partial charge in [-0.3, -0.25) is 14.4 Å². The predicted octanol–water partition coefficient (Wildman–Crippen LogP) is 0.712. The molecule has 0 aliphatic heterocycles. The minimum absolute atomic E-state index is 0.107. The molecule has 114 valence electrons. The van der Waals surface area contributed by atoms with Crippen molar-refractivity contribution in [2.75, 3.05) is 27.3 Å². The van der Waals surface area contributed by atoms with Crippen molar-refractivity contribution in [3.8, 4) is 0 Å². The SMILES string of the molecule is COC(=O)CN(CC(=O)OC)C(=O)Cc1cccc(C)c1. The molecule has 1 aromatic rings. The molecule has 1 amide bonds. The number of methoxy groups -OCH3 is 2. The summed E-state index contributed by atoms with van der Waals surface area (Å²) >= 11 is 0. The van der Waals surface area contributed by atoms with Crippen LogP contribution in [0, 0.1) is 6.92 Å². The Morgan fingerprint density at radius 3 is 2.10 bits per heavy atom. The van der Waals surface area contributed by atoms with E-state index in [0.29, 0.717) is 0 Å². The fraction of sp³-hybridized carbons (Fsp3) is 0.400. The minimum Gasteiger partial charge on any atom is -0.468 e. The Bertz CT molecular complexity index is 509. The average Bonchev–Trinajstić information content (AvgIpc) is 2.46. The molecule has 6 heteroatoms. The van der Waals surface area contributed by atoms with E-state index in [4.69, 9.17) is 0 Å². The second kappa shape index (κ2) is 8.04. The van der Waals surface area contributed by atoms with Gasteiger partial charge in [-0.05, 0) is 12.5 Å². The highest BCUT2D eigenvalue weighted by Crippen LogP contribution is 2.07. The molecule has 0 aliphatic rings. The van der Waals surface area contributed by atoms with Gasteiger partial charge in [0.05, 0.1) is 20.6 Å². The van der Waals surface area contributed by atoms with Crippen LogP contribution in [0.5, 0.6) is 0 Å². The molecule has 0 N–H and O–H groups in total. The lowest BCUT2D eigenvalue weighted by Crippen LogP contribution is -2.41. The van der Waals surface area contributed by atoms with Crippen LogP contribution in [0.1, 0.15) is 11.1 Å². The van der Waals surface area contributed by atoms with Crippen LogP contribution in [-0.2, 0) is 30.3 Å². The fourth-order valence-corrected chi connectivity index (χ4v) is 1.78. The van der Waals surface area contributed by atoms with Crippen molar-refractivity contribution < 1.29 is 23.9 Å². The number of carbonyl (C=O) groups is 3. The number of hydrogen-bond acceptors (Lipinski definition) is 5. The van der Waals surface area contributed by atoms with Crippen molar-refractivity contribution >= 4 is 17.8 Å². The first-order valence-corrected chi connectivity index (χ1v) is 6.43. The zero-order chi connectivity index (χ0) is 15.8. The number of ether oxygens (including phenoxy) is 2. The van der Waals surface area contributed by atoms with Gasteiger partial charge in [-0.2, -0.15) is 0 Å². The molecule has 0 spiro atoms. The Kier molecular flexibility index (Phi) is 6.39. The Morgan fingerprint density at radius 1 is 1.05 bits per heavy atom. The molecule has 1 rings (SSSR count). The van der Waals surface area contributed by atoms with Crippen LogP contribution >= 0.6 is 0 Å². The monoisotopic (exact) mass is 293 g/mol. The maximum Gasteiger partial charge on any atom is 0.325 e.